The number of aliphatic hydroxyl groups is 1. The maximum absolute atomic E-state index is 10.3. The van der Waals surface area contributed by atoms with E-state index in [1.807, 2.05) is 18.2 Å². The number of furan rings is 7. The number of methoxy groups -OCH3 is 1. The largest absolute Gasteiger partial charge is 0.484 e. The highest BCUT2D eigenvalue weighted by molar-refractivity contribution is 8.13. The van der Waals surface area contributed by atoms with E-state index in [2.05, 4.69) is 30.3 Å². The Kier molecular flexibility index (Phi) is 49.4. The third-order valence-corrected chi connectivity index (χ3v) is 13.2. The van der Waals surface area contributed by atoms with E-state index in [1.54, 1.807) is 30.3 Å². The average Bonchev–Trinajstić information content (AvgIpc) is 2.18. The van der Waals surface area contributed by atoms with Gasteiger partial charge in [0, 0.05) is 60.9 Å². The molecule has 0 aliphatic heterocycles. The molecule has 0 aliphatic carbocycles. The summed E-state index contributed by atoms with van der Waals surface area (Å²) in [7, 11) is 1.46. The summed E-state index contributed by atoms with van der Waals surface area (Å²) < 4.78 is 37.8. The van der Waals surface area contributed by atoms with Gasteiger partial charge in [-0.1, -0.05) is 11.8 Å². The number of halogens is 1. The van der Waals surface area contributed by atoms with Crippen molar-refractivity contribution < 1.29 is 79.9 Å². The van der Waals surface area contributed by atoms with Crippen molar-refractivity contribution in [3.63, 3.8) is 0 Å². The summed E-state index contributed by atoms with van der Waals surface area (Å²) in [6.07, 6.45) is 5.11. The number of amidine groups is 2. The summed E-state index contributed by atoms with van der Waals surface area (Å²) in [5.41, 5.74) is 10.1. The maximum Gasteiger partial charge on any atom is 0.433 e. The second-order valence-corrected chi connectivity index (χ2v) is 21.1. The minimum Gasteiger partial charge on any atom is -0.484 e. The fourth-order valence-electron chi connectivity index (χ4n) is 4.92. The van der Waals surface area contributed by atoms with Gasteiger partial charge in [-0.15, -0.1) is 11.6 Å². The van der Waals surface area contributed by atoms with Crippen LogP contribution in [-0.4, -0.2) is 100.0 Å². The van der Waals surface area contributed by atoms with Crippen LogP contribution in [0, 0.1) is 111 Å². The third kappa shape index (κ3) is 44.7. The fourth-order valence-corrected chi connectivity index (χ4v) is 8.01. The molecule has 43 heteroatoms. The maximum atomic E-state index is 10.3. The molecule has 0 unspecified atom stereocenters. The molecule has 0 saturated heterocycles. The normalized spacial score (nSPS) is 9.36. The third-order valence-electron chi connectivity index (χ3n) is 9.01. The Morgan fingerprint density at radius 1 is 0.558 bits per heavy atom. The molecule has 7 aromatic heterocycles. The van der Waals surface area contributed by atoms with Gasteiger partial charge in [-0.2, -0.15) is 63.7 Å². The number of nitrogens with zero attached hydrogens (tertiary/aromatic N) is 9. The van der Waals surface area contributed by atoms with E-state index >= 15 is 0 Å². The van der Waals surface area contributed by atoms with Gasteiger partial charge in [-0.05, 0) is 48.5 Å². The molecule has 0 radical (unpaired) electrons. The monoisotopic (exact) mass is 1440 g/mol. The van der Waals surface area contributed by atoms with Gasteiger partial charge in [-0.3, -0.25) is 86.5 Å². The molecule has 8 N–H and O–H groups in total. The highest BCUT2D eigenvalue weighted by Gasteiger charge is 2.15. The van der Waals surface area contributed by atoms with E-state index in [1.165, 1.54) is 109 Å². The smallest absolute Gasteiger partial charge is 0.433 e. The topological polar surface area (TPSA) is 609 Å². The van der Waals surface area contributed by atoms with Crippen LogP contribution in [0.15, 0.2) is 122 Å². The molecule has 0 saturated carbocycles. The van der Waals surface area contributed by atoms with Crippen molar-refractivity contribution >= 4 is 136 Å². The number of nitrogens with one attached hydrogen (secondary N) is 3. The Morgan fingerprint density at radius 2 is 0.926 bits per heavy atom. The number of alkyl halides is 1. The number of ether oxygens (including phenoxy) is 1. The first kappa shape index (κ1) is 86.6. The second kappa shape index (κ2) is 54.2. The van der Waals surface area contributed by atoms with Gasteiger partial charge in [0.1, 0.15) is 64.9 Å². The number of carbonyl (C=O) groups excluding carboxylic acids is 2. The van der Waals surface area contributed by atoms with E-state index in [9.17, 15) is 70.3 Å². The van der Waals surface area contributed by atoms with Crippen LogP contribution >= 0.6 is 71.3 Å². The van der Waals surface area contributed by atoms with Crippen molar-refractivity contribution in [1.82, 2.24) is 0 Å². The molecular formula is C52H59ClN14O23S5. The van der Waals surface area contributed by atoms with Crippen molar-refractivity contribution in [2.24, 2.45) is 11.5 Å². The molecule has 0 aliphatic rings. The second-order valence-electron chi connectivity index (χ2n) is 15.9. The molecule has 0 bridgehead atoms. The van der Waals surface area contributed by atoms with E-state index in [0.717, 1.165) is 11.8 Å². The molecule has 95 heavy (non-hydrogen) atoms. The number of hydrogen-bond acceptors (Lipinski definition) is 34. The first-order valence-electron chi connectivity index (χ1n) is 25.7. The Bertz CT molecular complexity index is 3520. The fraction of sp³-hybridized carbons (Fsp3) is 0.308. The summed E-state index contributed by atoms with van der Waals surface area (Å²) in [6, 6.07) is 25.6. The summed E-state index contributed by atoms with van der Waals surface area (Å²) in [5, 5.41) is 114. The zero-order valence-electron chi connectivity index (χ0n) is 49.5. The Morgan fingerprint density at radius 3 is 1.20 bits per heavy atom. The number of thiol groups is 1. The van der Waals surface area contributed by atoms with Crippen LogP contribution in [-0.2, 0) is 34.5 Å². The predicted molar refractivity (Wildman–Crippen MR) is 350 cm³/mol. The molecule has 0 amide bonds. The van der Waals surface area contributed by atoms with Crippen LogP contribution < -0.4 is 11.5 Å². The molecule has 0 aromatic carbocycles. The standard InChI is InChI=1S/C9H12N2O4S.C8H11N3O3S.C8H8N2O3S.C5H4ClNO3.C5H5NO4.C5H3NO4.C5H4O2.C4H7N3S.C3H5NS/c1-14-8(10)4-5-16-6-7-2-3-9(15-7)11(12)13;9-7(10)3-4-15-5-6-1-2-8(14-6)11(12)13;9-4-1-5-14-6-7-2-3-8(13-7)10(11)12;6-3-4-1-2-5(10-4)7(8)9;2*7-3-4-1-2-5(10-4)6(8)9;6-4-5-2-1-3-7-5;5-2-1-3-8-4(6)7;4-2-1-3-5/h2-3,10H,4-6H2,1H3;1-2H,3-5H2,(H3,9,10);2-3H,1,5-6H2;1-2H,3H2;1-2,7H,3H2;1-3H;1-4H;1,3H2,(H3,6,7);5H,1,3H2. The van der Waals surface area contributed by atoms with Crippen LogP contribution in [0.5, 0.6) is 0 Å². The van der Waals surface area contributed by atoms with E-state index in [4.69, 9.17) is 78.2 Å². The highest BCUT2D eigenvalue weighted by Crippen LogP contribution is 2.24. The zero-order valence-corrected chi connectivity index (χ0v) is 54.4. The Hall–Kier alpha value is -10.4. The summed E-state index contributed by atoms with van der Waals surface area (Å²) in [6.45, 7) is -0.312. The lowest BCUT2D eigenvalue weighted by Gasteiger charge is -2.00. The van der Waals surface area contributed by atoms with Gasteiger partial charge in [-0.25, -0.2) is 0 Å². The van der Waals surface area contributed by atoms with Gasteiger partial charge < -0.3 is 52.2 Å². The van der Waals surface area contributed by atoms with Crippen LogP contribution in [0.3, 0.4) is 0 Å². The number of nitrogens with two attached hydrogens (primary N) is 2. The lowest BCUT2D eigenvalue weighted by Crippen LogP contribution is -2.09. The molecule has 0 fully saturated rings. The number of aliphatic hydroxyl groups excluding tert-OH is 1. The van der Waals surface area contributed by atoms with E-state index < -0.39 is 35.4 Å². The quantitative estimate of drug-likeness (QED) is 0.00367. The van der Waals surface area contributed by atoms with Crippen molar-refractivity contribution in [3.05, 3.63) is 192 Å². The Balaban J connectivity index is 0. The van der Waals surface area contributed by atoms with Gasteiger partial charge in [0.25, 0.3) is 0 Å². The van der Waals surface area contributed by atoms with Crippen LogP contribution in [0.2, 0.25) is 0 Å². The van der Waals surface area contributed by atoms with Gasteiger partial charge in [0.05, 0.1) is 97.0 Å². The van der Waals surface area contributed by atoms with Crippen molar-refractivity contribution in [1.29, 1.82) is 32.0 Å². The van der Waals surface area contributed by atoms with Crippen LogP contribution in [0.4, 0.5) is 35.3 Å². The molecular weight excluding hydrogens is 1380 g/mol. The molecule has 0 atom stereocenters. The number of hydrogen-bond donors (Lipinski definition) is 7. The SMILES string of the molecule is COC(=N)CCSCc1ccc([N+](=O)[O-])o1.N#CCCS.N#CCCSC(=N)N.N#CCCSCc1ccc([N+](=O)[O-])o1.N=C(N)CCSCc1ccc([N+](=O)[O-])o1.O=Cc1ccc([N+](=O)[O-])o1.O=Cc1ccco1.O=[N+]([O-])c1ccc(CCl)o1.O=[N+]([O-])c1ccc(CO)o1. The van der Waals surface area contributed by atoms with Crippen molar-refractivity contribution in [3.8, 4) is 18.2 Å². The Labute approximate surface area is 564 Å². The summed E-state index contributed by atoms with van der Waals surface area (Å²) in [5.74, 6) is 6.60. The van der Waals surface area contributed by atoms with E-state index in [-0.39, 0.29) is 70.3 Å². The number of carbonyl (C=O) groups is 2. The number of thioether (sulfide) groups is 4. The summed E-state index contributed by atoms with van der Waals surface area (Å²) >= 11 is 14.9. The number of rotatable bonds is 27. The minimum absolute atomic E-state index is 0.0355. The molecule has 7 rings (SSSR count). The van der Waals surface area contributed by atoms with Gasteiger partial charge in [0.2, 0.25) is 0 Å². The first-order chi connectivity index (χ1) is 45.3. The van der Waals surface area contributed by atoms with Crippen molar-refractivity contribution in [2.75, 3.05) is 35.9 Å². The predicted octanol–water partition coefficient (Wildman–Crippen LogP) is 12.6. The first-order valence-corrected chi connectivity index (χ1v) is 31.3. The lowest BCUT2D eigenvalue weighted by molar-refractivity contribution is -0.402. The van der Waals surface area contributed by atoms with Gasteiger partial charge >= 0.3 is 35.3 Å². The van der Waals surface area contributed by atoms with Gasteiger partial charge in [0.15, 0.2) is 35.2 Å². The number of nitriles is 3. The lowest BCUT2D eigenvalue weighted by atomic mass is 10.5. The summed E-state index contributed by atoms with van der Waals surface area (Å²) in [4.78, 5) is 76.8. The molecule has 37 nitrogen and oxygen atoms in total. The van der Waals surface area contributed by atoms with Crippen molar-refractivity contribution in [2.45, 2.75) is 61.8 Å². The number of aldehydes is 2. The highest BCUT2D eigenvalue weighted by atomic mass is 35.5. The molecule has 7 aromatic rings. The molecule has 7 heterocycles. The molecule has 0 spiro atoms. The van der Waals surface area contributed by atoms with Crippen LogP contribution in [0.1, 0.15) is 82.0 Å². The average molecular weight is 1440 g/mol. The number of nitro groups is 6. The van der Waals surface area contributed by atoms with E-state index in [0.29, 0.717) is 114 Å². The zero-order chi connectivity index (χ0) is 71.9. The van der Waals surface area contributed by atoms with Crippen LogP contribution in [0.25, 0.3) is 0 Å². The minimum atomic E-state index is -0.701. The molecule has 512 valence electrons.